The van der Waals surface area contributed by atoms with Crippen LogP contribution in [0, 0.1) is 17.8 Å². The van der Waals surface area contributed by atoms with Crippen LogP contribution < -0.4 is 14.4 Å². The highest BCUT2D eigenvalue weighted by Crippen LogP contribution is 2.60. The Bertz CT molecular complexity index is 2050. The molecule has 0 spiro atoms. The molecule has 0 aliphatic heterocycles. The zero-order chi connectivity index (χ0) is 45.8. The molecule has 1 N–H and O–H groups in total. The average molecular weight is 873 g/mol. The van der Waals surface area contributed by atoms with Crippen LogP contribution in [-0.2, 0) is 20.3 Å². The summed E-state index contributed by atoms with van der Waals surface area (Å²) in [6.45, 7) is 23.6. The van der Waals surface area contributed by atoms with Crippen molar-refractivity contribution in [3.05, 3.63) is 39.7 Å². The third-order valence-electron chi connectivity index (χ3n) is 11.7. The van der Waals surface area contributed by atoms with Gasteiger partial charge in [-0.1, -0.05) is 47.5 Å². The molecule has 338 valence electrons. The monoisotopic (exact) mass is 872 g/mol. The van der Waals surface area contributed by atoms with Gasteiger partial charge in [-0.2, -0.15) is 14.3 Å². The molecule has 2 aromatic heterocycles. The number of carbonyl (C=O) groups excluding carboxylic acids is 4. The molecule has 4 atom stereocenters. The minimum atomic E-state index is -3.03. The van der Waals surface area contributed by atoms with Gasteiger partial charge in [0, 0.05) is 17.1 Å². The quantitative estimate of drug-likeness (QED) is 0.121. The Kier molecular flexibility index (Phi) is 13.4. The molecule has 2 amide bonds. The normalized spacial score (nSPS) is 21.7. The molecule has 0 bridgehead atoms. The number of fused-ring (bicyclic) bond motifs is 4. The van der Waals surface area contributed by atoms with Crippen LogP contribution in [0.2, 0.25) is 18.1 Å². The number of halogens is 1. The van der Waals surface area contributed by atoms with Crippen LogP contribution in [0.5, 0.6) is 11.6 Å². The van der Waals surface area contributed by atoms with E-state index in [1.807, 2.05) is 66.7 Å². The molecular weight excluding hydrogens is 808 g/mol. The smallest absolute Gasteiger partial charge is 0.425 e. The molecule has 0 aromatic carbocycles. The highest BCUT2D eigenvalue weighted by atomic mass is 28.4. The molecule has 3 aliphatic carbocycles. The van der Waals surface area contributed by atoms with Crippen LogP contribution in [0.25, 0.3) is 0 Å². The predicted octanol–water partition coefficient (Wildman–Crippen LogP) is 9.69. The van der Waals surface area contributed by atoms with Crippen molar-refractivity contribution in [3.8, 4) is 11.6 Å². The van der Waals surface area contributed by atoms with Gasteiger partial charge in [-0.25, -0.2) is 9.59 Å². The second kappa shape index (κ2) is 17.1. The zero-order valence-corrected chi connectivity index (χ0v) is 39.6. The molecule has 0 fully saturated rings. The van der Waals surface area contributed by atoms with E-state index in [1.54, 1.807) is 41.5 Å². The summed E-state index contributed by atoms with van der Waals surface area (Å²) >= 11 is 0. The second-order valence-electron chi connectivity index (χ2n) is 20.0. The van der Waals surface area contributed by atoms with E-state index in [-0.39, 0.29) is 65.7 Å². The van der Waals surface area contributed by atoms with Crippen molar-refractivity contribution in [1.82, 2.24) is 15.0 Å². The average Bonchev–Trinajstić information content (AvgIpc) is 3.52. The van der Waals surface area contributed by atoms with Gasteiger partial charge in [0.05, 0.1) is 24.8 Å². The Morgan fingerprint density at radius 2 is 1.48 bits per heavy atom. The number of carbonyl (C=O) groups is 4. The van der Waals surface area contributed by atoms with Crippen molar-refractivity contribution >= 4 is 37.9 Å². The molecule has 3 aliphatic rings. The minimum Gasteiger partial charge on any atom is -0.508 e. The highest BCUT2D eigenvalue weighted by Gasteiger charge is 2.67. The van der Waals surface area contributed by atoms with Crippen LogP contribution in [0.1, 0.15) is 146 Å². The molecule has 17 heteroatoms. The molecule has 0 saturated carbocycles. The fourth-order valence-corrected chi connectivity index (χ4v) is 9.36. The Morgan fingerprint density at radius 3 is 1.98 bits per heavy atom. The number of ketones is 2. The van der Waals surface area contributed by atoms with Crippen LogP contribution in [0.15, 0.2) is 15.9 Å². The molecule has 2 heterocycles. The van der Waals surface area contributed by atoms with Gasteiger partial charge < -0.3 is 33.0 Å². The number of pyridine rings is 1. The largest absolute Gasteiger partial charge is 0.508 e. The van der Waals surface area contributed by atoms with E-state index >= 15 is 14.0 Å². The van der Waals surface area contributed by atoms with Crippen molar-refractivity contribution in [2.45, 2.75) is 156 Å². The summed E-state index contributed by atoms with van der Waals surface area (Å²) in [6.07, 6.45) is 0.0718. The first-order valence-corrected chi connectivity index (χ1v) is 24.2. The van der Waals surface area contributed by atoms with Crippen molar-refractivity contribution < 1.29 is 56.6 Å². The van der Waals surface area contributed by atoms with Gasteiger partial charge in [0.1, 0.15) is 22.5 Å². The van der Waals surface area contributed by atoms with E-state index in [1.165, 1.54) is 0 Å². The summed E-state index contributed by atoms with van der Waals surface area (Å²) in [7, 11) is 0.593. The molecule has 2 aromatic rings. The van der Waals surface area contributed by atoms with Crippen molar-refractivity contribution in [2.24, 2.45) is 11.8 Å². The second-order valence-corrected chi connectivity index (χ2v) is 24.7. The fraction of sp³-hybridized carbons (Fsp3) is 0.682. The van der Waals surface area contributed by atoms with E-state index in [9.17, 15) is 14.7 Å². The summed E-state index contributed by atoms with van der Waals surface area (Å²) in [5.41, 5.74) is -5.00. The van der Waals surface area contributed by atoms with Gasteiger partial charge in [-0.05, 0) is 111 Å². The number of hydrogen-bond donors (Lipinski definition) is 1. The topological polar surface area (TPSA) is 180 Å². The summed E-state index contributed by atoms with van der Waals surface area (Å²) in [4.78, 5) is 65.1. The first-order valence-electron chi connectivity index (χ1n) is 21.3. The number of aromatic nitrogens is 2. The number of amides is 2. The maximum absolute atomic E-state index is 16.8. The summed E-state index contributed by atoms with van der Waals surface area (Å²) in [5.74, 6) is -5.78. The first kappa shape index (κ1) is 47.7. The summed E-state index contributed by atoms with van der Waals surface area (Å²) < 4.78 is 53.4. The first-order chi connectivity index (χ1) is 28.1. The number of unbranched alkanes of at least 4 members (excludes halogenated alkanes) is 2. The van der Waals surface area contributed by atoms with E-state index in [0.717, 1.165) is 6.42 Å². The number of anilines is 1. The standard InChI is InChI=1S/C44H65FN4O11Si/c1-16-18-20-55-33-28-25(36(45)46-37(33)49(39(53)57-41(3,4)5)40(54)58-42(6,7)8)22-24-23-26-30(48(12)13)32-29(38(47-59-32)56-21-19-17-2)35(52)44(26,34(51)27(24)31(28)50)60-61(14,15)43(9,10)11/h24,26,30,51H,16-23H2,1-15H3/t24-,26-,30-,44-/m0/s1. The molecule has 0 unspecified atom stereocenters. The maximum Gasteiger partial charge on any atom is 0.425 e. The maximum atomic E-state index is 16.8. The molecule has 5 rings (SSSR count). The summed E-state index contributed by atoms with van der Waals surface area (Å²) in [6, 6.07) is -0.705. The number of rotatable bonds is 12. The molecular formula is C44H65FN4O11Si. The number of aliphatic hydroxyl groups is 1. The lowest BCUT2D eigenvalue weighted by molar-refractivity contribution is -0.0481. The van der Waals surface area contributed by atoms with Crippen LogP contribution >= 0.6 is 0 Å². The predicted molar refractivity (Wildman–Crippen MR) is 228 cm³/mol. The van der Waals surface area contributed by atoms with E-state index < -0.39 is 89.3 Å². The number of nitrogens with zero attached hydrogens (tertiary/aromatic N) is 4. The van der Waals surface area contributed by atoms with Gasteiger partial charge in [-0.15, -0.1) is 0 Å². The number of hydrogen-bond acceptors (Lipinski definition) is 14. The number of Topliss-reactive ketones (excluding diaryl/α,β-unsaturated/α-hetero) is 2. The Hall–Kier alpha value is -4.35. The van der Waals surface area contributed by atoms with Crippen molar-refractivity contribution in [2.75, 3.05) is 32.2 Å². The van der Waals surface area contributed by atoms with Gasteiger partial charge >= 0.3 is 12.2 Å². The lowest BCUT2D eigenvalue weighted by atomic mass is 9.58. The highest BCUT2D eigenvalue weighted by molar-refractivity contribution is 6.74. The van der Waals surface area contributed by atoms with Crippen LogP contribution in [0.3, 0.4) is 0 Å². The van der Waals surface area contributed by atoms with Gasteiger partial charge in [-0.3, -0.25) is 14.5 Å². The Balaban J connectivity index is 1.84. The third-order valence-corrected chi connectivity index (χ3v) is 16.2. The SMILES string of the molecule is CCCCOc1noc2c1C(=O)[C@@]1(O[Si](C)(C)C(C)(C)C)C(O)=C3C(=O)c4c(c(F)nc(N(C(=O)OC(C)(C)C)C(=O)OC(C)(C)C)c4OCCCC)C[C@H]3C[C@H]1[C@@H]2N(C)C. The van der Waals surface area contributed by atoms with E-state index in [0.29, 0.717) is 24.2 Å². The number of allylic oxidation sites excluding steroid dienone is 1. The van der Waals surface area contributed by atoms with Gasteiger partial charge in [0.2, 0.25) is 11.7 Å². The summed E-state index contributed by atoms with van der Waals surface area (Å²) in [5, 5.41) is 16.7. The molecule has 61 heavy (non-hydrogen) atoms. The Labute approximate surface area is 359 Å². The number of imide groups is 1. The van der Waals surface area contributed by atoms with Crippen LogP contribution in [-0.4, -0.2) is 96.3 Å². The molecule has 0 saturated heterocycles. The number of ether oxygens (including phenoxy) is 4. The fourth-order valence-electron chi connectivity index (χ4n) is 7.90. The number of aliphatic hydroxyl groups excluding tert-OH is 1. The zero-order valence-electron chi connectivity index (χ0n) is 38.6. The lowest BCUT2D eigenvalue weighted by Gasteiger charge is -2.55. The minimum absolute atomic E-state index is 0.0119. The van der Waals surface area contributed by atoms with Crippen LogP contribution in [0.4, 0.5) is 19.8 Å². The van der Waals surface area contributed by atoms with Crippen molar-refractivity contribution in [3.63, 3.8) is 0 Å². The Morgan fingerprint density at radius 1 is 0.918 bits per heavy atom. The lowest BCUT2D eigenvalue weighted by Crippen LogP contribution is -2.65. The van der Waals surface area contributed by atoms with Gasteiger partial charge in [0.15, 0.2) is 37.0 Å². The molecule has 0 radical (unpaired) electrons. The van der Waals surface area contributed by atoms with E-state index in [4.69, 9.17) is 27.9 Å². The van der Waals surface area contributed by atoms with Crippen molar-refractivity contribution in [1.29, 1.82) is 0 Å². The van der Waals surface area contributed by atoms with E-state index in [2.05, 4.69) is 10.1 Å². The molecule has 15 nitrogen and oxygen atoms in total. The third kappa shape index (κ3) is 8.97. The van der Waals surface area contributed by atoms with Gasteiger partial charge in [0.25, 0.3) is 5.88 Å².